The Kier molecular flexibility index (Phi) is 2.23. The smallest absolute Gasteiger partial charge is 0.0956 e. The summed E-state index contributed by atoms with van der Waals surface area (Å²) >= 11 is 5.98. The Balaban J connectivity index is 2.08. The van der Waals surface area contributed by atoms with Crippen LogP contribution in [0.3, 0.4) is 0 Å². The molecule has 0 amide bonds. The van der Waals surface area contributed by atoms with Crippen molar-refractivity contribution in [2.45, 2.75) is 19.0 Å². The second kappa shape index (κ2) is 3.61. The number of hydrogen-bond acceptors (Lipinski definition) is 2. The first-order chi connectivity index (χ1) is 7.74. The van der Waals surface area contributed by atoms with Gasteiger partial charge in [-0.2, -0.15) is 0 Å². The third-order valence-electron chi connectivity index (χ3n) is 2.93. The van der Waals surface area contributed by atoms with E-state index in [0.29, 0.717) is 0 Å². The number of nitrogens with zero attached hydrogens (tertiary/aromatic N) is 2. The quantitative estimate of drug-likeness (QED) is 0.820. The standard InChI is InChI=1S/C12H12ClN3/c13-9-3-1-2-8(4-9)12-11-5-10(14)6-16(11)7-15-12/h1-4,7,10H,5-6,14H2. The van der Waals surface area contributed by atoms with E-state index in [9.17, 15) is 0 Å². The Morgan fingerprint density at radius 2 is 2.31 bits per heavy atom. The maximum absolute atomic E-state index is 5.98. The van der Waals surface area contributed by atoms with Gasteiger partial charge in [0.25, 0.3) is 0 Å². The first-order valence-corrected chi connectivity index (χ1v) is 5.67. The topological polar surface area (TPSA) is 43.8 Å². The van der Waals surface area contributed by atoms with Crippen molar-refractivity contribution in [3.63, 3.8) is 0 Å². The van der Waals surface area contributed by atoms with Gasteiger partial charge in [-0.1, -0.05) is 23.7 Å². The summed E-state index contributed by atoms with van der Waals surface area (Å²) in [6, 6.07) is 8.00. The molecule has 0 saturated heterocycles. The van der Waals surface area contributed by atoms with Gasteiger partial charge in [-0.3, -0.25) is 0 Å². The van der Waals surface area contributed by atoms with Gasteiger partial charge >= 0.3 is 0 Å². The van der Waals surface area contributed by atoms with Gasteiger partial charge in [0.1, 0.15) is 0 Å². The Labute approximate surface area is 98.9 Å². The molecule has 2 N–H and O–H groups in total. The van der Waals surface area contributed by atoms with Crippen molar-refractivity contribution in [2.24, 2.45) is 5.73 Å². The maximum atomic E-state index is 5.98. The van der Waals surface area contributed by atoms with Gasteiger partial charge in [0, 0.05) is 35.3 Å². The minimum absolute atomic E-state index is 0.218. The zero-order valence-corrected chi connectivity index (χ0v) is 9.48. The fourth-order valence-corrected chi connectivity index (χ4v) is 2.41. The van der Waals surface area contributed by atoms with Crippen LogP contribution in [0.1, 0.15) is 5.69 Å². The third kappa shape index (κ3) is 1.52. The van der Waals surface area contributed by atoms with Gasteiger partial charge in [0.15, 0.2) is 0 Å². The van der Waals surface area contributed by atoms with Crippen LogP contribution in [-0.4, -0.2) is 15.6 Å². The van der Waals surface area contributed by atoms with Crippen LogP contribution in [0.15, 0.2) is 30.6 Å². The van der Waals surface area contributed by atoms with Crippen LogP contribution in [-0.2, 0) is 13.0 Å². The molecule has 1 atom stereocenters. The lowest BCUT2D eigenvalue weighted by Gasteiger charge is -2.01. The predicted octanol–water partition coefficient (Wildman–Crippen LogP) is 2.09. The SMILES string of the molecule is NC1Cc2c(-c3cccc(Cl)c3)ncn2C1. The summed E-state index contributed by atoms with van der Waals surface area (Å²) in [5.41, 5.74) is 9.22. The molecule has 0 spiro atoms. The second-order valence-corrected chi connectivity index (χ2v) is 4.60. The number of imidazole rings is 1. The molecule has 16 heavy (non-hydrogen) atoms. The molecule has 0 radical (unpaired) electrons. The van der Waals surface area contributed by atoms with Gasteiger partial charge < -0.3 is 10.3 Å². The zero-order chi connectivity index (χ0) is 11.1. The Morgan fingerprint density at radius 1 is 1.44 bits per heavy atom. The van der Waals surface area contributed by atoms with Gasteiger partial charge in [-0.15, -0.1) is 0 Å². The summed E-state index contributed by atoms with van der Waals surface area (Å²) in [5.74, 6) is 0. The van der Waals surface area contributed by atoms with Crippen molar-refractivity contribution in [1.29, 1.82) is 0 Å². The molecular formula is C12H12ClN3. The fraction of sp³-hybridized carbons (Fsp3) is 0.250. The Hall–Kier alpha value is -1.32. The monoisotopic (exact) mass is 233 g/mol. The van der Waals surface area contributed by atoms with Crippen molar-refractivity contribution in [1.82, 2.24) is 9.55 Å². The summed E-state index contributed by atoms with van der Waals surface area (Å²) in [7, 11) is 0. The van der Waals surface area contributed by atoms with Crippen LogP contribution in [0.5, 0.6) is 0 Å². The molecule has 0 bridgehead atoms. The van der Waals surface area contributed by atoms with Crippen LogP contribution in [0.2, 0.25) is 5.02 Å². The number of hydrogen-bond donors (Lipinski definition) is 1. The molecule has 1 aliphatic heterocycles. The van der Waals surface area contributed by atoms with E-state index in [1.165, 1.54) is 5.69 Å². The molecule has 3 rings (SSSR count). The van der Waals surface area contributed by atoms with Crippen LogP contribution in [0.4, 0.5) is 0 Å². The average molecular weight is 234 g/mol. The molecule has 4 heteroatoms. The lowest BCUT2D eigenvalue weighted by Crippen LogP contribution is -2.20. The highest BCUT2D eigenvalue weighted by Gasteiger charge is 2.22. The van der Waals surface area contributed by atoms with Crippen molar-refractivity contribution in [3.8, 4) is 11.3 Å². The molecule has 0 aliphatic carbocycles. The van der Waals surface area contributed by atoms with Crippen molar-refractivity contribution in [2.75, 3.05) is 0 Å². The van der Waals surface area contributed by atoms with Gasteiger partial charge in [0.05, 0.1) is 12.0 Å². The summed E-state index contributed by atoms with van der Waals surface area (Å²) < 4.78 is 2.13. The van der Waals surface area contributed by atoms with E-state index in [1.54, 1.807) is 0 Å². The number of fused-ring (bicyclic) bond motifs is 1. The van der Waals surface area contributed by atoms with Crippen LogP contribution >= 0.6 is 11.6 Å². The highest BCUT2D eigenvalue weighted by molar-refractivity contribution is 6.30. The Bertz CT molecular complexity index is 533. The van der Waals surface area contributed by atoms with Gasteiger partial charge in [-0.05, 0) is 12.1 Å². The predicted molar refractivity (Wildman–Crippen MR) is 64.4 cm³/mol. The fourth-order valence-electron chi connectivity index (χ4n) is 2.22. The van der Waals surface area contributed by atoms with Crippen LogP contribution in [0, 0.1) is 0 Å². The van der Waals surface area contributed by atoms with Crippen molar-refractivity contribution < 1.29 is 0 Å². The molecule has 1 unspecified atom stereocenters. The average Bonchev–Trinajstić information content (AvgIpc) is 2.76. The first-order valence-electron chi connectivity index (χ1n) is 5.29. The molecular weight excluding hydrogens is 222 g/mol. The van der Waals surface area contributed by atoms with E-state index in [4.69, 9.17) is 17.3 Å². The van der Waals surface area contributed by atoms with E-state index < -0.39 is 0 Å². The first kappa shape index (κ1) is 9.87. The largest absolute Gasteiger partial charge is 0.332 e. The lowest BCUT2D eigenvalue weighted by molar-refractivity contribution is 0.636. The van der Waals surface area contributed by atoms with Gasteiger partial charge in [0.2, 0.25) is 0 Å². The highest BCUT2D eigenvalue weighted by atomic mass is 35.5. The molecule has 2 heterocycles. The molecule has 0 fully saturated rings. The number of aromatic nitrogens is 2. The number of halogens is 1. The third-order valence-corrected chi connectivity index (χ3v) is 3.17. The molecule has 0 saturated carbocycles. The van der Waals surface area contributed by atoms with Crippen molar-refractivity contribution >= 4 is 11.6 Å². The minimum Gasteiger partial charge on any atom is -0.332 e. The highest BCUT2D eigenvalue weighted by Crippen LogP contribution is 2.28. The van der Waals surface area contributed by atoms with E-state index >= 15 is 0 Å². The summed E-state index contributed by atoms with van der Waals surface area (Å²) in [6.07, 6.45) is 2.75. The van der Waals surface area contributed by atoms with E-state index in [2.05, 4.69) is 9.55 Å². The molecule has 82 valence electrons. The summed E-state index contributed by atoms with van der Waals surface area (Å²) in [5, 5.41) is 0.738. The van der Waals surface area contributed by atoms with E-state index in [0.717, 1.165) is 29.2 Å². The molecule has 1 aromatic heterocycles. The van der Waals surface area contributed by atoms with E-state index in [1.807, 2.05) is 30.6 Å². The normalized spacial score (nSPS) is 18.8. The van der Waals surface area contributed by atoms with Crippen molar-refractivity contribution in [3.05, 3.63) is 41.3 Å². The number of rotatable bonds is 1. The minimum atomic E-state index is 0.218. The Morgan fingerprint density at radius 3 is 3.12 bits per heavy atom. The number of benzene rings is 1. The summed E-state index contributed by atoms with van der Waals surface area (Å²) in [4.78, 5) is 4.43. The second-order valence-electron chi connectivity index (χ2n) is 4.17. The molecule has 2 aromatic rings. The van der Waals surface area contributed by atoms with Crippen LogP contribution < -0.4 is 5.73 Å². The molecule has 3 nitrogen and oxygen atoms in total. The zero-order valence-electron chi connectivity index (χ0n) is 8.73. The lowest BCUT2D eigenvalue weighted by atomic mass is 10.1. The molecule has 1 aliphatic rings. The molecule has 1 aromatic carbocycles. The van der Waals surface area contributed by atoms with Crippen LogP contribution in [0.25, 0.3) is 11.3 Å². The number of nitrogens with two attached hydrogens (primary N) is 1. The maximum Gasteiger partial charge on any atom is 0.0956 e. The van der Waals surface area contributed by atoms with Gasteiger partial charge in [-0.25, -0.2) is 4.98 Å². The van der Waals surface area contributed by atoms with E-state index in [-0.39, 0.29) is 6.04 Å². The summed E-state index contributed by atoms with van der Waals surface area (Å²) in [6.45, 7) is 0.864.